The highest BCUT2D eigenvalue weighted by molar-refractivity contribution is 7.09. The van der Waals surface area contributed by atoms with Gasteiger partial charge in [-0.25, -0.2) is 9.97 Å². The Morgan fingerprint density at radius 2 is 2.32 bits per heavy atom. The van der Waals surface area contributed by atoms with Crippen molar-refractivity contribution in [2.45, 2.75) is 6.54 Å². The molecule has 1 amide bonds. The number of nitrogens with zero attached hydrogens (tertiary/aromatic N) is 3. The highest BCUT2D eigenvalue weighted by Crippen LogP contribution is 2.20. The van der Waals surface area contributed by atoms with Gasteiger partial charge in [-0.05, 0) is 6.07 Å². The smallest absolute Gasteiger partial charge is 0.300 e. The molecule has 2 heterocycles. The maximum Gasteiger partial charge on any atom is 0.300 e. The summed E-state index contributed by atoms with van der Waals surface area (Å²) in [6.07, 6.45) is 2.57. The first kappa shape index (κ1) is 13.4. The average molecular weight is 299 g/mol. The van der Waals surface area contributed by atoms with Gasteiger partial charge in [0.25, 0.3) is 11.6 Å². The molecule has 0 fully saturated rings. The Morgan fingerprint density at radius 1 is 1.53 bits per heavy atom. The molecule has 98 valence electrons. The predicted molar refractivity (Wildman–Crippen MR) is 69.2 cm³/mol. The molecule has 2 aromatic heterocycles. The maximum atomic E-state index is 11.9. The Balaban J connectivity index is 2.18. The number of nitro groups is 1. The first-order chi connectivity index (χ1) is 9.08. The highest BCUT2D eigenvalue weighted by Gasteiger charge is 2.21. The SMILES string of the molecule is O=C(NCc1nccs1)c1cc(Cl)ncc1[N+](=O)[O-]. The minimum absolute atomic E-state index is 0.0185. The van der Waals surface area contributed by atoms with Crippen molar-refractivity contribution >= 4 is 34.5 Å². The number of rotatable bonds is 4. The van der Waals surface area contributed by atoms with E-state index < -0.39 is 10.8 Å². The Labute approximate surface area is 116 Å². The number of amides is 1. The lowest BCUT2D eigenvalue weighted by molar-refractivity contribution is -0.385. The van der Waals surface area contributed by atoms with Crippen LogP contribution in [0.25, 0.3) is 0 Å². The molecule has 0 radical (unpaired) electrons. The van der Waals surface area contributed by atoms with E-state index in [1.807, 2.05) is 0 Å². The first-order valence-electron chi connectivity index (χ1n) is 5.04. The van der Waals surface area contributed by atoms with Crippen LogP contribution in [-0.2, 0) is 6.54 Å². The number of nitrogens with one attached hydrogen (secondary N) is 1. The summed E-state index contributed by atoms with van der Waals surface area (Å²) in [5, 5.41) is 15.8. The molecule has 0 aliphatic carbocycles. The number of thiazole rings is 1. The monoisotopic (exact) mass is 298 g/mol. The number of hydrogen-bond acceptors (Lipinski definition) is 6. The lowest BCUT2D eigenvalue weighted by atomic mass is 10.2. The van der Waals surface area contributed by atoms with Crippen molar-refractivity contribution in [2.24, 2.45) is 0 Å². The second kappa shape index (κ2) is 5.72. The van der Waals surface area contributed by atoms with E-state index >= 15 is 0 Å². The average Bonchev–Trinajstić information content (AvgIpc) is 2.88. The number of halogens is 1. The largest absolute Gasteiger partial charge is 0.345 e. The van der Waals surface area contributed by atoms with Crippen molar-refractivity contribution < 1.29 is 9.72 Å². The minimum atomic E-state index is -0.679. The Kier molecular flexibility index (Phi) is 4.03. The summed E-state index contributed by atoms with van der Waals surface area (Å²) in [7, 11) is 0. The molecule has 9 heteroatoms. The van der Waals surface area contributed by atoms with Crippen LogP contribution >= 0.6 is 22.9 Å². The van der Waals surface area contributed by atoms with Crippen LogP contribution in [0.5, 0.6) is 0 Å². The van der Waals surface area contributed by atoms with Gasteiger partial charge in [-0.2, -0.15) is 0 Å². The van der Waals surface area contributed by atoms with Gasteiger partial charge in [0.2, 0.25) is 0 Å². The van der Waals surface area contributed by atoms with Gasteiger partial charge in [0.1, 0.15) is 21.9 Å². The van der Waals surface area contributed by atoms with Crippen molar-refractivity contribution in [3.8, 4) is 0 Å². The predicted octanol–water partition coefficient (Wildman–Crippen LogP) is 2.03. The van der Waals surface area contributed by atoms with E-state index in [1.165, 1.54) is 11.3 Å². The van der Waals surface area contributed by atoms with Gasteiger partial charge in [0.15, 0.2) is 0 Å². The van der Waals surface area contributed by atoms with Crippen molar-refractivity contribution in [1.29, 1.82) is 0 Å². The van der Waals surface area contributed by atoms with Crippen LogP contribution in [0.4, 0.5) is 5.69 Å². The van der Waals surface area contributed by atoms with Crippen LogP contribution in [0.2, 0.25) is 5.15 Å². The highest BCUT2D eigenvalue weighted by atomic mass is 35.5. The third kappa shape index (κ3) is 3.24. The van der Waals surface area contributed by atoms with E-state index in [0.29, 0.717) is 5.01 Å². The molecule has 0 saturated carbocycles. The van der Waals surface area contributed by atoms with E-state index in [-0.39, 0.29) is 22.9 Å². The molecule has 0 unspecified atom stereocenters. The summed E-state index contributed by atoms with van der Waals surface area (Å²) >= 11 is 7.02. The second-order valence-corrected chi connectivity index (χ2v) is 4.76. The maximum absolute atomic E-state index is 11.9. The molecule has 2 rings (SSSR count). The summed E-state index contributed by atoms with van der Waals surface area (Å²) in [4.78, 5) is 29.6. The van der Waals surface area contributed by atoms with Crippen molar-refractivity contribution in [1.82, 2.24) is 15.3 Å². The van der Waals surface area contributed by atoms with Gasteiger partial charge in [0.05, 0.1) is 11.5 Å². The number of carbonyl (C=O) groups excluding carboxylic acids is 1. The summed E-state index contributed by atoms with van der Waals surface area (Å²) in [5.74, 6) is -0.591. The number of pyridine rings is 1. The molecule has 0 aliphatic rings. The summed E-state index contributed by atoms with van der Waals surface area (Å²) in [6, 6.07) is 1.16. The van der Waals surface area contributed by atoms with Gasteiger partial charge in [-0.3, -0.25) is 14.9 Å². The Morgan fingerprint density at radius 3 is 2.95 bits per heavy atom. The molecule has 0 bridgehead atoms. The van der Waals surface area contributed by atoms with E-state index in [4.69, 9.17) is 11.6 Å². The molecule has 1 N–H and O–H groups in total. The fourth-order valence-corrected chi connectivity index (χ4v) is 2.06. The summed E-state index contributed by atoms with van der Waals surface area (Å²) in [5.41, 5.74) is -0.511. The van der Waals surface area contributed by atoms with Crippen LogP contribution in [0.3, 0.4) is 0 Å². The molecule has 0 spiro atoms. The zero-order valence-electron chi connectivity index (χ0n) is 9.37. The molecule has 19 heavy (non-hydrogen) atoms. The van der Waals surface area contributed by atoms with E-state index in [0.717, 1.165) is 12.3 Å². The van der Waals surface area contributed by atoms with Gasteiger partial charge in [0, 0.05) is 11.6 Å². The second-order valence-electron chi connectivity index (χ2n) is 3.39. The zero-order valence-corrected chi connectivity index (χ0v) is 10.9. The van der Waals surface area contributed by atoms with Crippen LogP contribution in [0.1, 0.15) is 15.4 Å². The molecule has 0 aromatic carbocycles. The minimum Gasteiger partial charge on any atom is -0.345 e. The van der Waals surface area contributed by atoms with Crippen LogP contribution in [-0.4, -0.2) is 20.8 Å². The molecular formula is C10H7ClN4O3S. The lowest BCUT2D eigenvalue weighted by Gasteiger charge is -2.04. The van der Waals surface area contributed by atoms with Crippen LogP contribution < -0.4 is 5.32 Å². The fraction of sp³-hybridized carbons (Fsp3) is 0.100. The number of aromatic nitrogens is 2. The fourth-order valence-electron chi connectivity index (χ4n) is 1.34. The van der Waals surface area contributed by atoms with Crippen molar-refractivity contribution in [3.05, 3.63) is 49.7 Å². The van der Waals surface area contributed by atoms with Crippen molar-refractivity contribution in [2.75, 3.05) is 0 Å². The van der Waals surface area contributed by atoms with Gasteiger partial charge >= 0.3 is 0 Å². The van der Waals surface area contributed by atoms with E-state index in [9.17, 15) is 14.9 Å². The number of hydrogen-bond donors (Lipinski definition) is 1. The van der Waals surface area contributed by atoms with Crippen LogP contribution in [0.15, 0.2) is 23.8 Å². The van der Waals surface area contributed by atoms with E-state index in [1.54, 1.807) is 11.6 Å². The topological polar surface area (TPSA) is 98.0 Å². The number of carbonyl (C=O) groups is 1. The lowest BCUT2D eigenvalue weighted by Crippen LogP contribution is -2.23. The standard InChI is InChI=1S/C10H7ClN4O3S/c11-8-3-6(7(4-13-8)15(17)18)10(16)14-5-9-12-1-2-19-9/h1-4H,5H2,(H,14,16). The normalized spacial score (nSPS) is 10.2. The van der Waals surface area contributed by atoms with Gasteiger partial charge < -0.3 is 5.32 Å². The van der Waals surface area contributed by atoms with Crippen LogP contribution in [0, 0.1) is 10.1 Å². The summed E-state index contributed by atoms with van der Waals surface area (Å²) < 4.78 is 0. The van der Waals surface area contributed by atoms with E-state index in [2.05, 4.69) is 15.3 Å². The molecule has 0 saturated heterocycles. The zero-order chi connectivity index (χ0) is 13.8. The molecule has 2 aromatic rings. The third-order valence-corrected chi connectivity index (χ3v) is 3.16. The molecule has 0 atom stereocenters. The quantitative estimate of drug-likeness (QED) is 0.529. The van der Waals surface area contributed by atoms with Crippen molar-refractivity contribution in [3.63, 3.8) is 0 Å². The first-order valence-corrected chi connectivity index (χ1v) is 6.30. The summed E-state index contributed by atoms with van der Waals surface area (Å²) in [6.45, 7) is 0.202. The van der Waals surface area contributed by atoms with Gasteiger partial charge in [-0.1, -0.05) is 11.6 Å². The molecule has 0 aliphatic heterocycles. The third-order valence-electron chi connectivity index (χ3n) is 2.17. The molecular weight excluding hydrogens is 292 g/mol. The molecule has 7 nitrogen and oxygen atoms in total. The Hall–Kier alpha value is -2.06. The van der Waals surface area contributed by atoms with Gasteiger partial charge in [-0.15, -0.1) is 11.3 Å². The Bertz CT molecular complexity index is 617.